The van der Waals surface area contributed by atoms with Crippen LogP contribution in [0.2, 0.25) is 0 Å². The summed E-state index contributed by atoms with van der Waals surface area (Å²) in [5, 5.41) is 9.71. The van der Waals surface area contributed by atoms with E-state index in [1.165, 1.54) is 32.8 Å². The Balaban J connectivity index is 2.20. The second kappa shape index (κ2) is 7.30. The van der Waals surface area contributed by atoms with Gasteiger partial charge in [0, 0.05) is 13.5 Å². The van der Waals surface area contributed by atoms with Gasteiger partial charge < -0.3 is 14.6 Å². The molecule has 1 aliphatic heterocycles. The van der Waals surface area contributed by atoms with Crippen LogP contribution < -0.4 is 0 Å². The molecule has 136 valence electrons. The lowest BCUT2D eigenvalue weighted by Gasteiger charge is -2.43. The summed E-state index contributed by atoms with van der Waals surface area (Å²) in [7, 11) is 1.48. The highest BCUT2D eigenvalue weighted by atomic mass is 16.5. The summed E-state index contributed by atoms with van der Waals surface area (Å²) >= 11 is 0. The topological polar surface area (TPSA) is 55.8 Å². The minimum atomic E-state index is -1.23. The van der Waals surface area contributed by atoms with Crippen molar-refractivity contribution in [1.82, 2.24) is 0 Å². The maximum absolute atomic E-state index is 11.8. The van der Waals surface area contributed by atoms with E-state index in [1.54, 1.807) is 0 Å². The van der Waals surface area contributed by atoms with Crippen LogP contribution in [0.4, 0.5) is 0 Å². The van der Waals surface area contributed by atoms with Crippen LogP contribution in [0.25, 0.3) is 0 Å². The number of carboxylic acid groups (broad SMARTS) is 1. The first-order chi connectivity index (χ1) is 11.3. The van der Waals surface area contributed by atoms with E-state index in [0.717, 1.165) is 41.7 Å². The van der Waals surface area contributed by atoms with Gasteiger partial charge in [-0.15, -0.1) is 0 Å². The number of aliphatic carboxylic acids is 1. The van der Waals surface area contributed by atoms with Crippen molar-refractivity contribution in [2.75, 3.05) is 7.11 Å². The Hall–Kier alpha value is -1.29. The van der Waals surface area contributed by atoms with Crippen molar-refractivity contribution in [1.29, 1.82) is 0 Å². The third kappa shape index (κ3) is 3.39. The molecule has 4 heteroatoms. The second-order valence-electron chi connectivity index (χ2n) is 7.56. The summed E-state index contributed by atoms with van der Waals surface area (Å²) in [6.07, 6.45) is 8.24. The molecule has 0 saturated heterocycles. The van der Waals surface area contributed by atoms with E-state index in [2.05, 4.69) is 13.8 Å². The van der Waals surface area contributed by atoms with Gasteiger partial charge in [-0.1, -0.05) is 26.2 Å². The second-order valence-corrected chi connectivity index (χ2v) is 7.56. The first-order valence-electron chi connectivity index (χ1n) is 9.17. The number of ether oxygens (including phenoxy) is 2. The summed E-state index contributed by atoms with van der Waals surface area (Å²) in [4.78, 5) is 11.8. The third-order valence-corrected chi connectivity index (χ3v) is 5.85. The van der Waals surface area contributed by atoms with E-state index >= 15 is 0 Å². The van der Waals surface area contributed by atoms with Crippen LogP contribution in [-0.4, -0.2) is 29.4 Å². The van der Waals surface area contributed by atoms with E-state index in [4.69, 9.17) is 9.47 Å². The number of unbranched alkanes of at least 4 members (excludes halogenated alkanes) is 3. The Morgan fingerprint density at radius 3 is 2.58 bits per heavy atom. The highest BCUT2D eigenvalue weighted by molar-refractivity contribution is 5.83. The van der Waals surface area contributed by atoms with Crippen molar-refractivity contribution < 1.29 is 19.4 Å². The van der Waals surface area contributed by atoms with Crippen LogP contribution in [0.15, 0.2) is 22.5 Å². The number of rotatable bonds is 7. The molecule has 0 amide bonds. The molecule has 0 fully saturated rings. The number of carboxylic acids is 1. The SMILES string of the molecule is CCCCCCC1(C)CCC2=C(O1)C(C)=C(C)C(OC)(C(=O)O)C2. The Kier molecular flexibility index (Phi) is 5.79. The lowest BCUT2D eigenvalue weighted by atomic mass is 9.75. The van der Waals surface area contributed by atoms with Crippen molar-refractivity contribution in [3.8, 4) is 0 Å². The Labute approximate surface area is 145 Å². The molecule has 1 N–H and O–H groups in total. The summed E-state index contributed by atoms with van der Waals surface area (Å²) in [6, 6.07) is 0. The normalized spacial score (nSPS) is 30.2. The van der Waals surface area contributed by atoms with Crippen molar-refractivity contribution in [3.63, 3.8) is 0 Å². The molecular weight excluding hydrogens is 304 g/mol. The van der Waals surface area contributed by atoms with Crippen LogP contribution in [0.5, 0.6) is 0 Å². The number of carbonyl (C=O) groups is 1. The number of methoxy groups -OCH3 is 1. The highest BCUT2D eigenvalue weighted by Gasteiger charge is 2.48. The minimum absolute atomic E-state index is 0.135. The van der Waals surface area contributed by atoms with Gasteiger partial charge in [-0.2, -0.15) is 0 Å². The molecule has 1 heterocycles. The van der Waals surface area contributed by atoms with Crippen molar-refractivity contribution in [2.24, 2.45) is 0 Å². The molecule has 2 rings (SSSR count). The van der Waals surface area contributed by atoms with Gasteiger partial charge in [-0.25, -0.2) is 4.79 Å². The zero-order valence-electron chi connectivity index (χ0n) is 15.8. The number of allylic oxidation sites excluding steroid dienone is 1. The lowest BCUT2D eigenvalue weighted by molar-refractivity contribution is -0.158. The Morgan fingerprint density at radius 2 is 2.00 bits per heavy atom. The van der Waals surface area contributed by atoms with Crippen LogP contribution in [0, 0.1) is 0 Å². The average Bonchev–Trinajstić information content (AvgIpc) is 2.55. The van der Waals surface area contributed by atoms with E-state index in [-0.39, 0.29) is 5.60 Å². The molecule has 0 radical (unpaired) electrons. The predicted molar refractivity (Wildman–Crippen MR) is 94.9 cm³/mol. The third-order valence-electron chi connectivity index (χ3n) is 5.85. The zero-order chi connectivity index (χ0) is 18.0. The van der Waals surface area contributed by atoms with Crippen molar-refractivity contribution in [3.05, 3.63) is 22.5 Å². The van der Waals surface area contributed by atoms with Gasteiger partial charge in [-0.3, -0.25) is 0 Å². The van der Waals surface area contributed by atoms with Crippen LogP contribution >= 0.6 is 0 Å². The van der Waals surface area contributed by atoms with Crippen molar-refractivity contribution >= 4 is 5.97 Å². The summed E-state index contributed by atoms with van der Waals surface area (Å²) in [5.41, 5.74) is 1.41. The van der Waals surface area contributed by atoms with Crippen LogP contribution in [0.3, 0.4) is 0 Å². The number of hydrogen-bond donors (Lipinski definition) is 1. The number of hydrogen-bond acceptors (Lipinski definition) is 3. The maximum atomic E-state index is 11.8. The lowest BCUT2D eigenvalue weighted by Crippen LogP contribution is -2.46. The largest absolute Gasteiger partial charge is 0.487 e. The van der Waals surface area contributed by atoms with Gasteiger partial charge >= 0.3 is 5.97 Å². The zero-order valence-corrected chi connectivity index (χ0v) is 15.8. The van der Waals surface area contributed by atoms with Gasteiger partial charge in [0.25, 0.3) is 0 Å². The summed E-state index contributed by atoms with van der Waals surface area (Å²) < 4.78 is 11.9. The molecule has 4 nitrogen and oxygen atoms in total. The van der Waals surface area contributed by atoms with Crippen LogP contribution in [-0.2, 0) is 14.3 Å². The molecule has 0 bridgehead atoms. The fraction of sp³-hybridized carbons (Fsp3) is 0.750. The molecule has 0 spiro atoms. The molecule has 2 aliphatic rings. The highest BCUT2D eigenvalue weighted by Crippen LogP contribution is 2.47. The molecule has 0 aromatic carbocycles. The van der Waals surface area contributed by atoms with Gasteiger partial charge in [0.05, 0.1) is 0 Å². The Bertz CT molecular complexity index is 560. The molecule has 24 heavy (non-hydrogen) atoms. The van der Waals surface area contributed by atoms with Gasteiger partial charge in [0.1, 0.15) is 11.4 Å². The first-order valence-corrected chi connectivity index (χ1v) is 9.17. The summed E-state index contributed by atoms with van der Waals surface area (Å²) in [6.45, 7) is 8.23. The van der Waals surface area contributed by atoms with Crippen molar-refractivity contribution in [2.45, 2.75) is 90.3 Å². The molecule has 0 saturated carbocycles. The molecule has 0 aromatic rings. The molecule has 2 atom stereocenters. The van der Waals surface area contributed by atoms with Gasteiger partial charge in [0.15, 0.2) is 5.60 Å². The first kappa shape index (κ1) is 19.0. The van der Waals surface area contributed by atoms with E-state index in [1.807, 2.05) is 13.8 Å². The van der Waals surface area contributed by atoms with E-state index < -0.39 is 11.6 Å². The fourth-order valence-electron chi connectivity index (χ4n) is 3.97. The van der Waals surface area contributed by atoms with Gasteiger partial charge in [0.2, 0.25) is 0 Å². The van der Waals surface area contributed by atoms with Crippen LogP contribution in [0.1, 0.15) is 79.1 Å². The van der Waals surface area contributed by atoms with Gasteiger partial charge in [-0.05, 0) is 63.2 Å². The fourth-order valence-corrected chi connectivity index (χ4v) is 3.97. The minimum Gasteiger partial charge on any atom is -0.487 e. The molecule has 1 aliphatic carbocycles. The quantitative estimate of drug-likeness (QED) is 0.665. The predicted octanol–water partition coefficient (Wildman–Crippen LogP) is 4.99. The molecule has 0 aromatic heterocycles. The van der Waals surface area contributed by atoms with E-state index in [0.29, 0.717) is 6.42 Å². The monoisotopic (exact) mass is 336 g/mol. The molecular formula is C20H32O4. The standard InChI is InChI=1S/C20H32O4/c1-6-7-8-9-11-19(4)12-10-16-13-20(23-5,18(21)22)15(3)14(2)17(16)24-19/h6-13H2,1-5H3,(H,21,22). The smallest absolute Gasteiger partial charge is 0.340 e. The Morgan fingerprint density at radius 1 is 1.29 bits per heavy atom. The average molecular weight is 336 g/mol. The molecule has 2 unspecified atom stereocenters. The van der Waals surface area contributed by atoms with E-state index in [9.17, 15) is 9.90 Å². The summed E-state index contributed by atoms with van der Waals surface area (Å²) in [5.74, 6) is 0.00645. The maximum Gasteiger partial charge on any atom is 0.340 e.